The Morgan fingerprint density at radius 3 is 2.37 bits per heavy atom. The Bertz CT molecular complexity index is 883. The molecule has 1 saturated heterocycles. The van der Waals surface area contributed by atoms with Crippen LogP contribution in [0.2, 0.25) is 5.02 Å². The van der Waals surface area contributed by atoms with Crippen molar-refractivity contribution in [3.63, 3.8) is 0 Å². The highest BCUT2D eigenvalue weighted by molar-refractivity contribution is 6.30. The monoisotopic (exact) mass is 438 g/mol. The molecule has 160 valence electrons. The second-order valence-corrected chi connectivity index (χ2v) is 7.77. The summed E-state index contributed by atoms with van der Waals surface area (Å²) in [7, 11) is 0. The minimum Gasteiger partial charge on any atom is -0.355 e. The van der Waals surface area contributed by atoms with E-state index in [-0.39, 0.29) is 17.7 Å². The van der Waals surface area contributed by atoms with Gasteiger partial charge in [-0.05, 0) is 61.2 Å². The fraction of sp³-hybridized carbons (Fsp3) is 0.364. The van der Waals surface area contributed by atoms with Crippen molar-refractivity contribution in [2.24, 2.45) is 5.92 Å². The predicted octanol–water partition coefficient (Wildman–Crippen LogP) is 4.57. The maximum Gasteiger partial charge on any atom is 0.416 e. The maximum absolute atomic E-state index is 12.6. The Kier molecular flexibility index (Phi) is 7.02. The van der Waals surface area contributed by atoms with E-state index < -0.39 is 11.7 Å². The molecule has 2 aromatic carbocycles. The van der Waals surface area contributed by atoms with Crippen molar-refractivity contribution in [3.05, 3.63) is 70.2 Å². The first-order valence-electron chi connectivity index (χ1n) is 9.73. The number of alkyl halides is 3. The molecule has 8 heteroatoms. The first-order valence-corrected chi connectivity index (χ1v) is 10.1. The van der Waals surface area contributed by atoms with Gasteiger partial charge in [0.05, 0.1) is 11.5 Å². The van der Waals surface area contributed by atoms with Crippen LogP contribution in [0.5, 0.6) is 0 Å². The van der Waals surface area contributed by atoms with Gasteiger partial charge in [-0.25, -0.2) is 0 Å². The lowest BCUT2D eigenvalue weighted by atomic mass is 9.96. The van der Waals surface area contributed by atoms with Crippen LogP contribution in [-0.4, -0.2) is 36.3 Å². The Labute approximate surface area is 178 Å². The van der Waals surface area contributed by atoms with Crippen LogP contribution in [0.15, 0.2) is 48.5 Å². The number of piperidine rings is 1. The number of benzene rings is 2. The van der Waals surface area contributed by atoms with Gasteiger partial charge in [0.2, 0.25) is 5.91 Å². The van der Waals surface area contributed by atoms with Gasteiger partial charge in [0, 0.05) is 30.2 Å². The van der Waals surface area contributed by atoms with Gasteiger partial charge in [0.25, 0.3) is 5.91 Å². The number of carbonyl (C=O) groups is 2. The molecule has 0 radical (unpaired) electrons. The SMILES string of the molecule is O=C(NCCc1ccc(C(F)(F)F)cc1)C1CCCN(C(=O)c2ccc(Cl)cc2)C1. The zero-order valence-corrected chi connectivity index (χ0v) is 17.0. The molecular weight excluding hydrogens is 417 g/mol. The summed E-state index contributed by atoms with van der Waals surface area (Å²) in [4.78, 5) is 26.8. The van der Waals surface area contributed by atoms with E-state index >= 15 is 0 Å². The lowest BCUT2D eigenvalue weighted by molar-refractivity contribution is -0.137. The van der Waals surface area contributed by atoms with Crippen LogP contribution >= 0.6 is 11.6 Å². The standard InChI is InChI=1S/C22H22ClF3N2O2/c23-19-9-5-16(6-10-19)21(30)28-13-1-2-17(14-28)20(29)27-12-11-15-3-7-18(8-4-15)22(24,25)26/h3-10,17H,1-2,11-14H2,(H,27,29). The normalized spacial score (nSPS) is 16.9. The van der Waals surface area contributed by atoms with Crippen molar-refractivity contribution >= 4 is 23.4 Å². The van der Waals surface area contributed by atoms with E-state index in [1.807, 2.05) is 0 Å². The van der Waals surface area contributed by atoms with Gasteiger partial charge in [0.1, 0.15) is 0 Å². The lowest BCUT2D eigenvalue weighted by Crippen LogP contribution is -2.45. The van der Waals surface area contributed by atoms with Crippen molar-refractivity contribution < 1.29 is 22.8 Å². The fourth-order valence-corrected chi connectivity index (χ4v) is 3.61. The number of hydrogen-bond acceptors (Lipinski definition) is 2. The number of likely N-dealkylation sites (tertiary alicyclic amines) is 1. The number of hydrogen-bond donors (Lipinski definition) is 1. The Hall–Kier alpha value is -2.54. The summed E-state index contributed by atoms with van der Waals surface area (Å²) in [5.74, 6) is -0.577. The molecule has 30 heavy (non-hydrogen) atoms. The third-order valence-electron chi connectivity index (χ3n) is 5.16. The first-order chi connectivity index (χ1) is 14.2. The van der Waals surface area contributed by atoms with Crippen LogP contribution in [0.25, 0.3) is 0 Å². The number of nitrogens with one attached hydrogen (secondary N) is 1. The molecule has 3 rings (SSSR count). The van der Waals surface area contributed by atoms with Crippen molar-refractivity contribution in [2.75, 3.05) is 19.6 Å². The average molecular weight is 439 g/mol. The van der Waals surface area contributed by atoms with E-state index in [2.05, 4.69) is 5.32 Å². The molecule has 0 saturated carbocycles. The molecule has 0 spiro atoms. The molecule has 1 aliphatic rings. The quantitative estimate of drug-likeness (QED) is 0.743. The summed E-state index contributed by atoms with van der Waals surface area (Å²) >= 11 is 5.86. The zero-order valence-electron chi connectivity index (χ0n) is 16.2. The lowest BCUT2D eigenvalue weighted by Gasteiger charge is -2.32. The summed E-state index contributed by atoms with van der Waals surface area (Å²) in [6, 6.07) is 11.6. The number of nitrogens with zero attached hydrogens (tertiary/aromatic N) is 1. The molecule has 0 bridgehead atoms. The number of carbonyl (C=O) groups excluding carboxylic acids is 2. The van der Waals surface area contributed by atoms with Crippen LogP contribution in [0, 0.1) is 5.92 Å². The molecule has 1 heterocycles. The van der Waals surface area contributed by atoms with Gasteiger partial charge in [-0.1, -0.05) is 23.7 Å². The third-order valence-corrected chi connectivity index (χ3v) is 5.42. The Balaban J connectivity index is 1.49. The van der Waals surface area contributed by atoms with E-state index in [4.69, 9.17) is 11.6 Å². The van der Waals surface area contributed by atoms with E-state index in [1.165, 1.54) is 12.1 Å². The largest absolute Gasteiger partial charge is 0.416 e. The fourth-order valence-electron chi connectivity index (χ4n) is 3.49. The van der Waals surface area contributed by atoms with Gasteiger partial charge < -0.3 is 10.2 Å². The molecular formula is C22H22ClF3N2O2. The average Bonchev–Trinajstić information content (AvgIpc) is 2.73. The summed E-state index contributed by atoms with van der Waals surface area (Å²) in [6.07, 6.45) is -2.50. The number of halogens is 4. The second kappa shape index (κ2) is 9.51. The van der Waals surface area contributed by atoms with Crippen LogP contribution in [0.4, 0.5) is 13.2 Å². The van der Waals surface area contributed by atoms with Gasteiger partial charge >= 0.3 is 6.18 Å². The minimum absolute atomic E-state index is 0.131. The molecule has 1 unspecified atom stereocenters. The van der Waals surface area contributed by atoms with E-state index in [0.717, 1.165) is 18.6 Å². The predicted molar refractivity (Wildman–Crippen MR) is 108 cm³/mol. The number of rotatable bonds is 5. The minimum atomic E-state index is -4.36. The van der Waals surface area contributed by atoms with E-state index in [0.29, 0.717) is 48.6 Å². The molecule has 4 nitrogen and oxygen atoms in total. The summed E-state index contributed by atoms with van der Waals surface area (Å²) in [6.45, 7) is 1.26. The maximum atomic E-state index is 12.6. The van der Waals surface area contributed by atoms with Crippen LogP contribution in [0.1, 0.15) is 34.3 Å². The van der Waals surface area contributed by atoms with Gasteiger partial charge in [-0.15, -0.1) is 0 Å². The highest BCUT2D eigenvalue weighted by atomic mass is 35.5. The topological polar surface area (TPSA) is 49.4 Å². The van der Waals surface area contributed by atoms with Crippen molar-refractivity contribution in [1.29, 1.82) is 0 Å². The molecule has 1 aliphatic heterocycles. The van der Waals surface area contributed by atoms with Crippen molar-refractivity contribution in [1.82, 2.24) is 10.2 Å². The molecule has 1 atom stereocenters. The van der Waals surface area contributed by atoms with Gasteiger partial charge in [-0.3, -0.25) is 9.59 Å². The summed E-state index contributed by atoms with van der Waals surface area (Å²) < 4.78 is 37.8. The van der Waals surface area contributed by atoms with E-state index in [1.54, 1.807) is 29.2 Å². The smallest absolute Gasteiger partial charge is 0.355 e. The van der Waals surface area contributed by atoms with Crippen LogP contribution < -0.4 is 5.32 Å². The Morgan fingerprint density at radius 1 is 1.07 bits per heavy atom. The van der Waals surface area contributed by atoms with Crippen LogP contribution in [-0.2, 0) is 17.4 Å². The third kappa shape index (κ3) is 5.75. The van der Waals surface area contributed by atoms with Crippen molar-refractivity contribution in [3.8, 4) is 0 Å². The summed E-state index contributed by atoms with van der Waals surface area (Å²) in [5, 5.41) is 3.39. The highest BCUT2D eigenvalue weighted by Crippen LogP contribution is 2.29. The number of amides is 2. The van der Waals surface area contributed by atoms with Gasteiger partial charge in [-0.2, -0.15) is 13.2 Å². The molecule has 1 fully saturated rings. The van der Waals surface area contributed by atoms with Crippen LogP contribution in [0.3, 0.4) is 0 Å². The zero-order chi connectivity index (χ0) is 21.7. The summed E-state index contributed by atoms with van der Waals surface area (Å²) in [5.41, 5.74) is 0.553. The van der Waals surface area contributed by atoms with E-state index in [9.17, 15) is 22.8 Å². The second-order valence-electron chi connectivity index (χ2n) is 7.33. The molecule has 0 aromatic heterocycles. The first kappa shape index (κ1) is 22.2. The van der Waals surface area contributed by atoms with Crippen molar-refractivity contribution in [2.45, 2.75) is 25.4 Å². The van der Waals surface area contributed by atoms with Gasteiger partial charge in [0.15, 0.2) is 0 Å². The Morgan fingerprint density at radius 2 is 1.73 bits per heavy atom. The molecule has 2 aromatic rings. The molecule has 1 N–H and O–H groups in total. The molecule has 0 aliphatic carbocycles. The highest BCUT2D eigenvalue weighted by Gasteiger charge is 2.30. The molecule has 2 amide bonds.